The zero-order valence-corrected chi connectivity index (χ0v) is 12.2. The third-order valence-corrected chi connectivity index (χ3v) is 4.41. The molecular weight excluding hydrogens is 278 g/mol. The van der Waals surface area contributed by atoms with Gasteiger partial charge >= 0.3 is 5.97 Å². The lowest BCUT2D eigenvalue weighted by atomic mass is 10.1. The van der Waals surface area contributed by atoms with Crippen LogP contribution in [0.3, 0.4) is 0 Å². The Kier molecular flexibility index (Phi) is 5.14. The van der Waals surface area contributed by atoms with Crippen LogP contribution in [-0.2, 0) is 4.79 Å². The molecule has 0 bridgehead atoms. The van der Waals surface area contributed by atoms with Crippen LogP contribution in [0.15, 0.2) is 18.2 Å². The Balaban J connectivity index is 2.14. The van der Waals surface area contributed by atoms with Gasteiger partial charge in [-0.25, -0.2) is 0 Å². The van der Waals surface area contributed by atoms with Crippen molar-refractivity contribution in [3.8, 4) is 11.5 Å². The fourth-order valence-corrected chi connectivity index (χ4v) is 3.14. The van der Waals surface area contributed by atoms with E-state index < -0.39 is 12.0 Å². The van der Waals surface area contributed by atoms with Crippen molar-refractivity contribution in [3.05, 3.63) is 23.8 Å². The highest BCUT2D eigenvalue weighted by atomic mass is 32.2. The van der Waals surface area contributed by atoms with E-state index in [1.165, 1.54) is 12.9 Å². The lowest BCUT2D eigenvalue weighted by molar-refractivity contribution is -0.138. The Bertz CT molecular complexity index is 474. The molecule has 2 rings (SSSR count). The summed E-state index contributed by atoms with van der Waals surface area (Å²) in [6, 6.07) is 3.98. The van der Waals surface area contributed by atoms with Crippen LogP contribution < -0.4 is 15.2 Å². The Labute approximate surface area is 122 Å². The Morgan fingerprint density at radius 2 is 2.30 bits per heavy atom. The van der Waals surface area contributed by atoms with Gasteiger partial charge in [0, 0.05) is 5.75 Å². The van der Waals surface area contributed by atoms with E-state index in [0.717, 1.165) is 18.6 Å². The maximum atomic E-state index is 10.9. The van der Waals surface area contributed by atoms with E-state index in [0.29, 0.717) is 17.1 Å². The molecule has 1 aliphatic heterocycles. The smallest absolute Gasteiger partial charge is 0.325 e. The number of hydrogen-bond donors (Lipinski definition) is 2. The molecule has 2 atom stereocenters. The number of hydrogen-bond acceptors (Lipinski definition) is 5. The van der Waals surface area contributed by atoms with Gasteiger partial charge in [-0.05, 0) is 36.3 Å². The highest BCUT2D eigenvalue weighted by molar-refractivity contribution is 7.99. The molecular formula is C14H19NO4S. The second-order valence-corrected chi connectivity index (χ2v) is 5.83. The second kappa shape index (κ2) is 6.85. The van der Waals surface area contributed by atoms with Gasteiger partial charge in [-0.1, -0.05) is 6.07 Å². The minimum atomic E-state index is -1.07. The lowest BCUT2D eigenvalue weighted by Crippen LogP contribution is -2.24. The first-order chi connectivity index (χ1) is 9.61. The maximum Gasteiger partial charge on any atom is 0.325 e. The van der Waals surface area contributed by atoms with E-state index in [9.17, 15) is 4.79 Å². The molecule has 1 heterocycles. The van der Waals surface area contributed by atoms with Gasteiger partial charge in [0.1, 0.15) is 12.1 Å². The topological polar surface area (TPSA) is 81.8 Å². The summed E-state index contributed by atoms with van der Waals surface area (Å²) in [5.41, 5.74) is 6.10. The number of methoxy groups -OCH3 is 1. The summed E-state index contributed by atoms with van der Waals surface area (Å²) in [7, 11) is 1.54. The van der Waals surface area contributed by atoms with Crippen molar-refractivity contribution >= 4 is 17.7 Å². The normalized spacial score (nSPS) is 20.2. The minimum absolute atomic E-state index is 0.182. The van der Waals surface area contributed by atoms with Crippen LogP contribution in [0.2, 0.25) is 0 Å². The number of benzene rings is 1. The van der Waals surface area contributed by atoms with Crippen molar-refractivity contribution in [1.29, 1.82) is 0 Å². The summed E-state index contributed by atoms with van der Waals surface area (Å²) in [6.45, 7) is 0. The molecule has 0 saturated carbocycles. The largest absolute Gasteiger partial charge is 0.493 e. The number of thioether (sulfide) groups is 1. The molecule has 5 nitrogen and oxygen atoms in total. The number of aliphatic carboxylic acids is 1. The van der Waals surface area contributed by atoms with Crippen molar-refractivity contribution in [3.63, 3.8) is 0 Å². The molecule has 3 N–H and O–H groups in total. The summed E-state index contributed by atoms with van der Waals surface area (Å²) in [5.74, 6) is 2.25. The molecule has 0 aliphatic carbocycles. The molecule has 1 aromatic rings. The summed E-state index contributed by atoms with van der Waals surface area (Å²) in [4.78, 5) is 10.9. The van der Waals surface area contributed by atoms with E-state index in [2.05, 4.69) is 0 Å². The van der Waals surface area contributed by atoms with Crippen LogP contribution in [0.25, 0.3) is 0 Å². The molecule has 1 aromatic carbocycles. The fraction of sp³-hybridized carbons (Fsp3) is 0.500. The Morgan fingerprint density at radius 1 is 1.50 bits per heavy atom. The van der Waals surface area contributed by atoms with Gasteiger partial charge < -0.3 is 20.3 Å². The van der Waals surface area contributed by atoms with Crippen molar-refractivity contribution in [1.82, 2.24) is 0 Å². The average Bonchev–Trinajstić information content (AvgIpc) is 2.48. The molecule has 1 saturated heterocycles. The van der Waals surface area contributed by atoms with Gasteiger partial charge in [-0.2, -0.15) is 11.8 Å². The average molecular weight is 297 g/mol. The Hall–Kier alpha value is -1.40. The van der Waals surface area contributed by atoms with Crippen LogP contribution in [0.5, 0.6) is 11.5 Å². The van der Waals surface area contributed by atoms with Crippen molar-refractivity contribution in [2.75, 3.05) is 18.6 Å². The van der Waals surface area contributed by atoms with Crippen LogP contribution >= 0.6 is 11.8 Å². The molecule has 20 heavy (non-hydrogen) atoms. The molecule has 1 aliphatic rings. The van der Waals surface area contributed by atoms with Gasteiger partial charge in [0.15, 0.2) is 11.5 Å². The number of nitrogens with two attached hydrogens (primary N) is 1. The zero-order valence-electron chi connectivity index (χ0n) is 11.4. The van der Waals surface area contributed by atoms with Gasteiger partial charge in [-0.3, -0.25) is 4.79 Å². The van der Waals surface area contributed by atoms with Crippen LogP contribution in [0.1, 0.15) is 24.4 Å². The van der Waals surface area contributed by atoms with Crippen LogP contribution in [-0.4, -0.2) is 35.8 Å². The van der Waals surface area contributed by atoms with Crippen molar-refractivity contribution < 1.29 is 19.4 Å². The third kappa shape index (κ3) is 3.58. The predicted molar refractivity (Wildman–Crippen MR) is 78.5 cm³/mol. The quantitative estimate of drug-likeness (QED) is 0.865. The third-order valence-electron chi connectivity index (χ3n) is 3.23. The van der Waals surface area contributed by atoms with E-state index in [4.69, 9.17) is 20.3 Å². The van der Waals surface area contributed by atoms with E-state index in [1.54, 1.807) is 18.2 Å². The van der Waals surface area contributed by atoms with Crippen molar-refractivity contribution in [2.45, 2.75) is 25.0 Å². The number of ether oxygens (including phenoxy) is 2. The van der Waals surface area contributed by atoms with Gasteiger partial charge in [0.2, 0.25) is 0 Å². The summed E-state index contributed by atoms with van der Waals surface area (Å²) in [6.07, 6.45) is 2.37. The number of carboxylic acids is 1. The highest BCUT2D eigenvalue weighted by Crippen LogP contribution is 2.32. The Morgan fingerprint density at radius 3 is 2.90 bits per heavy atom. The van der Waals surface area contributed by atoms with Crippen molar-refractivity contribution in [2.24, 2.45) is 5.73 Å². The zero-order chi connectivity index (χ0) is 14.5. The van der Waals surface area contributed by atoms with Gasteiger partial charge in [-0.15, -0.1) is 0 Å². The van der Waals surface area contributed by atoms with E-state index in [1.807, 2.05) is 11.8 Å². The van der Waals surface area contributed by atoms with Crippen LogP contribution in [0, 0.1) is 0 Å². The number of rotatable bonds is 5. The molecule has 110 valence electrons. The maximum absolute atomic E-state index is 10.9. The molecule has 1 fully saturated rings. The first-order valence-electron chi connectivity index (χ1n) is 6.52. The van der Waals surface area contributed by atoms with Gasteiger partial charge in [0.05, 0.1) is 7.11 Å². The minimum Gasteiger partial charge on any atom is -0.493 e. The monoisotopic (exact) mass is 297 g/mol. The molecule has 0 amide bonds. The van der Waals surface area contributed by atoms with E-state index in [-0.39, 0.29) is 6.10 Å². The summed E-state index contributed by atoms with van der Waals surface area (Å²) in [5, 5.41) is 8.93. The van der Waals surface area contributed by atoms with Crippen LogP contribution in [0.4, 0.5) is 0 Å². The molecule has 6 heteroatoms. The predicted octanol–water partition coefficient (Wildman–Crippen LogP) is 2.05. The fourth-order valence-electron chi connectivity index (χ4n) is 2.10. The molecule has 0 radical (unpaired) electrons. The highest BCUT2D eigenvalue weighted by Gasteiger charge is 2.20. The molecule has 0 spiro atoms. The van der Waals surface area contributed by atoms with E-state index >= 15 is 0 Å². The first kappa shape index (κ1) is 15.0. The number of carbonyl (C=O) groups is 1. The summed E-state index contributed by atoms with van der Waals surface area (Å²) >= 11 is 1.88. The first-order valence-corrected chi connectivity index (χ1v) is 7.68. The molecule has 0 aromatic heterocycles. The lowest BCUT2D eigenvalue weighted by Gasteiger charge is -2.24. The standard InChI is InChI=1S/C14H19NO4S/c1-18-12-7-9(13(15)14(16)17)4-5-11(12)19-10-3-2-6-20-8-10/h4-5,7,10,13H,2-3,6,8,15H2,1H3,(H,16,17). The van der Waals surface area contributed by atoms with Gasteiger partial charge in [0.25, 0.3) is 0 Å². The second-order valence-electron chi connectivity index (χ2n) is 4.68. The molecule has 2 unspecified atom stereocenters. The summed E-state index contributed by atoms with van der Waals surface area (Å²) < 4.78 is 11.2. The number of carboxylic acid groups (broad SMARTS) is 1. The SMILES string of the molecule is COc1cc(C(N)C(=O)O)ccc1OC1CCCSC1.